The molecule has 0 bridgehead atoms. The molecule has 0 spiro atoms. The number of halogens is 3. The molecule has 0 aliphatic carbocycles. The largest absolute Gasteiger partial charge is 0.442 e. The van der Waals surface area contributed by atoms with Gasteiger partial charge < -0.3 is 10.1 Å². The summed E-state index contributed by atoms with van der Waals surface area (Å²) < 4.78 is 70.5. The second-order valence-electron chi connectivity index (χ2n) is 5.84. The maximum atomic E-state index is 12.9. The van der Waals surface area contributed by atoms with Gasteiger partial charge in [0, 0.05) is 18.7 Å². The number of benzene rings is 1. The molecule has 1 atom stereocenters. The smallest absolute Gasteiger partial charge is 0.379 e. The molecule has 8 nitrogen and oxygen atoms in total. The summed E-state index contributed by atoms with van der Waals surface area (Å²) in [5.41, 5.74) is -2.92. The van der Waals surface area contributed by atoms with Crippen molar-refractivity contribution in [1.82, 2.24) is 10.0 Å². The Balaban J connectivity index is 1.73. The zero-order valence-electron chi connectivity index (χ0n) is 13.3. The molecule has 1 aromatic rings. The molecule has 1 aromatic carbocycles. The first-order valence-corrected chi connectivity index (χ1v) is 9.10. The third-order valence-corrected chi connectivity index (χ3v) is 5.36. The van der Waals surface area contributed by atoms with Crippen LogP contribution in [0.5, 0.6) is 0 Å². The predicted octanol–water partition coefficient (Wildman–Crippen LogP) is 0.908. The van der Waals surface area contributed by atoms with E-state index in [2.05, 4.69) is 15.5 Å². The summed E-state index contributed by atoms with van der Waals surface area (Å²) >= 11 is 0. The second-order valence-corrected chi connectivity index (χ2v) is 7.52. The molecule has 2 heterocycles. The Hall–Kier alpha value is -2.05. The highest BCUT2D eigenvalue weighted by atomic mass is 32.2. The van der Waals surface area contributed by atoms with Crippen molar-refractivity contribution in [2.75, 3.05) is 26.3 Å². The van der Waals surface area contributed by atoms with Crippen LogP contribution >= 0.6 is 0 Å². The van der Waals surface area contributed by atoms with Crippen molar-refractivity contribution in [3.63, 3.8) is 0 Å². The van der Waals surface area contributed by atoms with Crippen LogP contribution < -0.4 is 10.0 Å². The molecule has 2 aliphatic rings. The monoisotopic (exact) mass is 392 g/mol. The first-order valence-electron chi connectivity index (χ1n) is 7.62. The van der Waals surface area contributed by atoms with E-state index in [0.29, 0.717) is 13.2 Å². The lowest BCUT2D eigenvalue weighted by Gasteiger charge is -2.16. The molecule has 2 N–H and O–H groups in total. The molecule has 1 unspecified atom stereocenters. The fraction of sp³-hybridized carbons (Fsp3) is 0.500. The van der Waals surface area contributed by atoms with E-state index in [4.69, 9.17) is 4.74 Å². The van der Waals surface area contributed by atoms with E-state index < -0.39 is 33.7 Å². The van der Waals surface area contributed by atoms with E-state index in [-0.39, 0.29) is 23.6 Å². The minimum Gasteiger partial charge on any atom is -0.379 e. The van der Waals surface area contributed by atoms with Crippen LogP contribution in [0.15, 0.2) is 39.4 Å². The zero-order valence-corrected chi connectivity index (χ0v) is 14.1. The van der Waals surface area contributed by atoms with E-state index in [0.717, 1.165) is 24.3 Å². The van der Waals surface area contributed by atoms with Gasteiger partial charge in [-0.25, -0.2) is 13.1 Å². The van der Waals surface area contributed by atoms with Crippen molar-refractivity contribution < 1.29 is 31.1 Å². The molecule has 0 aromatic heterocycles. The molecule has 142 valence electrons. The number of rotatable bonds is 4. The van der Waals surface area contributed by atoms with Gasteiger partial charge in [-0.2, -0.15) is 13.2 Å². The minimum atomic E-state index is -4.70. The highest BCUT2D eigenvalue weighted by molar-refractivity contribution is 7.90. The molecule has 0 radical (unpaired) electrons. The van der Waals surface area contributed by atoms with Crippen molar-refractivity contribution >= 4 is 15.9 Å². The highest BCUT2D eigenvalue weighted by Gasteiger charge is 2.65. The summed E-state index contributed by atoms with van der Waals surface area (Å²) in [6, 6.07) is 3.90. The van der Waals surface area contributed by atoms with Gasteiger partial charge in [-0.05, 0) is 12.1 Å². The van der Waals surface area contributed by atoms with Crippen molar-refractivity contribution in [3.8, 4) is 0 Å². The van der Waals surface area contributed by atoms with Crippen LogP contribution in [0.1, 0.15) is 5.56 Å². The quantitative estimate of drug-likeness (QED) is 0.792. The number of nitrogens with zero attached hydrogens (tertiary/aromatic N) is 2. The number of amides is 1. The highest BCUT2D eigenvalue weighted by Crippen LogP contribution is 2.52. The van der Waals surface area contributed by atoms with E-state index in [1.807, 2.05) is 4.72 Å². The predicted molar refractivity (Wildman–Crippen MR) is 81.5 cm³/mol. The molecule has 1 saturated heterocycles. The lowest BCUT2D eigenvalue weighted by Crippen LogP contribution is -2.40. The number of hydrogen-bond donors (Lipinski definition) is 2. The maximum absolute atomic E-state index is 12.9. The molecule has 1 fully saturated rings. The Kier molecular flexibility index (Phi) is 4.75. The number of carbonyl (C=O) groups is 1. The SMILES string of the molecule is O=C(NS(=O)(=O)c1ccc(C2(C(F)(F)F)N=N2)cc1)C1CNCCOC1. The van der Waals surface area contributed by atoms with Crippen molar-refractivity contribution in [2.24, 2.45) is 16.1 Å². The van der Waals surface area contributed by atoms with Gasteiger partial charge in [-0.1, -0.05) is 12.1 Å². The summed E-state index contributed by atoms with van der Waals surface area (Å²) in [6.07, 6.45) is -4.70. The lowest BCUT2D eigenvalue weighted by atomic mass is 10.0. The van der Waals surface area contributed by atoms with Crippen molar-refractivity contribution in [3.05, 3.63) is 29.8 Å². The molecule has 1 amide bonds. The van der Waals surface area contributed by atoms with E-state index in [1.54, 1.807) is 0 Å². The van der Waals surface area contributed by atoms with Crippen LogP contribution in [0.3, 0.4) is 0 Å². The van der Waals surface area contributed by atoms with Crippen LogP contribution in [0.4, 0.5) is 13.2 Å². The number of alkyl halides is 3. The number of carbonyl (C=O) groups excluding carboxylic acids is 1. The third-order valence-electron chi connectivity index (χ3n) is 4.00. The Morgan fingerprint density at radius 3 is 2.50 bits per heavy atom. The molecular weight excluding hydrogens is 377 g/mol. The number of nitrogens with one attached hydrogen (secondary N) is 2. The van der Waals surface area contributed by atoms with Gasteiger partial charge in [-0.3, -0.25) is 4.79 Å². The van der Waals surface area contributed by atoms with E-state index in [1.165, 1.54) is 0 Å². The molecule has 2 aliphatic heterocycles. The average molecular weight is 392 g/mol. The van der Waals surface area contributed by atoms with Gasteiger partial charge in [0.1, 0.15) is 0 Å². The van der Waals surface area contributed by atoms with Gasteiger partial charge in [-0.15, -0.1) is 10.2 Å². The summed E-state index contributed by atoms with van der Waals surface area (Å²) in [6.45, 7) is 1.30. The van der Waals surface area contributed by atoms with Gasteiger partial charge in [0.2, 0.25) is 5.91 Å². The summed E-state index contributed by atoms with van der Waals surface area (Å²) in [4.78, 5) is 11.8. The Morgan fingerprint density at radius 1 is 1.27 bits per heavy atom. The lowest BCUT2D eigenvalue weighted by molar-refractivity contribution is -0.166. The van der Waals surface area contributed by atoms with Gasteiger partial charge >= 0.3 is 11.8 Å². The summed E-state index contributed by atoms with van der Waals surface area (Å²) in [7, 11) is -4.22. The van der Waals surface area contributed by atoms with Crippen molar-refractivity contribution in [2.45, 2.75) is 16.7 Å². The van der Waals surface area contributed by atoms with E-state index >= 15 is 0 Å². The normalized spacial score (nSPS) is 22.5. The molecule has 0 saturated carbocycles. The molecule has 26 heavy (non-hydrogen) atoms. The molecule has 3 rings (SSSR count). The van der Waals surface area contributed by atoms with Crippen molar-refractivity contribution in [1.29, 1.82) is 0 Å². The number of hydrogen-bond acceptors (Lipinski definition) is 7. The average Bonchev–Trinajstić information content (AvgIpc) is 3.39. The Labute approximate surface area is 146 Å². The van der Waals surface area contributed by atoms with Gasteiger partial charge in [0.25, 0.3) is 10.0 Å². The van der Waals surface area contributed by atoms with Crippen LogP contribution in [0.2, 0.25) is 0 Å². The Bertz CT molecular complexity index is 810. The van der Waals surface area contributed by atoms with Crippen LogP contribution in [-0.4, -0.2) is 46.8 Å². The molecule has 12 heteroatoms. The summed E-state index contributed by atoms with van der Waals surface area (Å²) in [5.74, 6) is -1.44. The van der Waals surface area contributed by atoms with Crippen LogP contribution in [0, 0.1) is 5.92 Å². The summed E-state index contributed by atoms with van der Waals surface area (Å²) in [5, 5.41) is 9.03. The third kappa shape index (κ3) is 3.57. The molecular formula is C14H15F3N4O4S. The fourth-order valence-electron chi connectivity index (χ4n) is 2.46. The van der Waals surface area contributed by atoms with Gasteiger partial charge in [0.05, 0.1) is 24.0 Å². The standard InChI is InChI=1S/C14H15F3N4O4S/c15-14(16,17)13(20-21-13)10-1-3-11(4-2-10)26(23,24)19-12(22)9-7-18-5-6-25-8-9/h1-4,9,18H,5-8H2,(H,19,22). The van der Waals surface area contributed by atoms with E-state index in [9.17, 15) is 26.4 Å². The number of sulfonamides is 1. The zero-order chi connectivity index (χ0) is 19.0. The second kappa shape index (κ2) is 6.59. The first-order chi connectivity index (χ1) is 12.2. The van der Waals surface area contributed by atoms with Gasteiger partial charge in [0.15, 0.2) is 0 Å². The first kappa shape index (κ1) is 18.7. The fourth-order valence-corrected chi connectivity index (χ4v) is 3.50. The maximum Gasteiger partial charge on any atom is 0.442 e. The Morgan fingerprint density at radius 2 is 1.92 bits per heavy atom. The topological polar surface area (TPSA) is 109 Å². The van der Waals surface area contributed by atoms with Crippen LogP contribution in [-0.2, 0) is 25.2 Å². The minimum absolute atomic E-state index is 0.0738. The van der Waals surface area contributed by atoms with Crippen LogP contribution in [0.25, 0.3) is 0 Å². The number of ether oxygens (including phenoxy) is 1.